The highest BCUT2D eigenvalue weighted by Gasteiger charge is 2.17. The number of nitrogens with zero attached hydrogens (tertiary/aromatic N) is 2. The molecule has 0 radical (unpaired) electrons. The quantitative estimate of drug-likeness (QED) is 0.767. The normalized spacial score (nSPS) is 13.0. The Hall–Kier alpha value is -1.52. The van der Waals surface area contributed by atoms with Crippen LogP contribution < -0.4 is 5.73 Å². The fourth-order valence-corrected chi connectivity index (χ4v) is 3.47. The van der Waals surface area contributed by atoms with Crippen molar-refractivity contribution in [3.63, 3.8) is 0 Å². The van der Waals surface area contributed by atoms with E-state index in [0.29, 0.717) is 5.95 Å². The summed E-state index contributed by atoms with van der Waals surface area (Å²) in [4.78, 5) is 5.66. The van der Waals surface area contributed by atoms with Gasteiger partial charge in [-0.25, -0.2) is 4.98 Å². The van der Waals surface area contributed by atoms with Crippen LogP contribution in [0.15, 0.2) is 30.3 Å². The summed E-state index contributed by atoms with van der Waals surface area (Å²) in [6, 6.07) is 10.2. The minimum atomic E-state index is 0.129. The maximum Gasteiger partial charge on any atom is 0.201 e. The molecule has 0 aliphatic carbocycles. The van der Waals surface area contributed by atoms with Crippen molar-refractivity contribution in [1.29, 1.82) is 0 Å². The van der Waals surface area contributed by atoms with Gasteiger partial charge in [-0.2, -0.15) is 0 Å². The Bertz CT molecular complexity index is 744. The highest BCUT2D eigenvalue weighted by molar-refractivity contribution is 7.16. The average molecular weight is 292 g/mol. The van der Waals surface area contributed by atoms with Crippen molar-refractivity contribution in [2.75, 3.05) is 5.73 Å². The second-order valence-corrected chi connectivity index (χ2v) is 6.35. The summed E-state index contributed by atoms with van der Waals surface area (Å²) >= 11 is 7.59. The largest absolute Gasteiger partial charge is 0.369 e. The van der Waals surface area contributed by atoms with Gasteiger partial charge in [0.1, 0.15) is 0 Å². The third-order valence-corrected chi connectivity index (χ3v) is 4.74. The lowest BCUT2D eigenvalue weighted by atomic mass is 10.2. The van der Waals surface area contributed by atoms with Crippen molar-refractivity contribution in [1.82, 2.24) is 9.55 Å². The lowest BCUT2D eigenvalue weighted by Crippen LogP contribution is -2.08. The summed E-state index contributed by atoms with van der Waals surface area (Å²) in [5.41, 5.74) is 9.26. The highest BCUT2D eigenvalue weighted by atomic mass is 35.5. The van der Waals surface area contributed by atoms with Crippen molar-refractivity contribution >= 4 is 39.9 Å². The van der Waals surface area contributed by atoms with Gasteiger partial charge in [-0.3, -0.25) is 0 Å². The smallest absolute Gasteiger partial charge is 0.201 e. The summed E-state index contributed by atoms with van der Waals surface area (Å²) < 4.78 is 2.85. The minimum Gasteiger partial charge on any atom is -0.369 e. The number of aromatic nitrogens is 2. The number of thiophene rings is 1. The number of benzene rings is 1. The Morgan fingerprint density at radius 1 is 1.32 bits per heavy atom. The van der Waals surface area contributed by atoms with Crippen LogP contribution in [0.3, 0.4) is 0 Å². The Kier molecular flexibility index (Phi) is 2.99. The van der Waals surface area contributed by atoms with Gasteiger partial charge in [0.05, 0.1) is 21.4 Å². The van der Waals surface area contributed by atoms with Crippen LogP contribution in [0.25, 0.3) is 11.0 Å². The Labute approximate surface area is 120 Å². The second kappa shape index (κ2) is 4.54. The van der Waals surface area contributed by atoms with Crippen molar-refractivity contribution in [3.05, 3.63) is 45.1 Å². The molecular weight excluding hydrogens is 278 g/mol. The van der Waals surface area contributed by atoms with E-state index in [0.717, 1.165) is 20.9 Å². The number of hydrogen-bond acceptors (Lipinski definition) is 3. The number of rotatable bonds is 2. The van der Waals surface area contributed by atoms with Gasteiger partial charge < -0.3 is 10.3 Å². The third kappa shape index (κ3) is 2.01. The van der Waals surface area contributed by atoms with Crippen LogP contribution in [0.2, 0.25) is 4.34 Å². The molecule has 0 aliphatic rings. The molecule has 1 atom stereocenters. The molecule has 2 N–H and O–H groups in total. The van der Waals surface area contributed by atoms with Crippen LogP contribution >= 0.6 is 22.9 Å². The lowest BCUT2D eigenvalue weighted by Gasteiger charge is -2.14. The van der Waals surface area contributed by atoms with E-state index in [4.69, 9.17) is 17.3 Å². The number of aryl methyl sites for hydroxylation is 1. The zero-order valence-corrected chi connectivity index (χ0v) is 12.3. The first-order valence-corrected chi connectivity index (χ1v) is 7.25. The maximum atomic E-state index is 6.09. The van der Waals surface area contributed by atoms with Crippen LogP contribution in [0.5, 0.6) is 0 Å². The van der Waals surface area contributed by atoms with Crippen LogP contribution in [-0.2, 0) is 0 Å². The summed E-state index contributed by atoms with van der Waals surface area (Å²) in [6.07, 6.45) is 0. The average Bonchev–Trinajstić information content (AvgIpc) is 2.93. The molecular formula is C14H14ClN3S. The van der Waals surface area contributed by atoms with E-state index in [1.165, 1.54) is 4.88 Å². The van der Waals surface area contributed by atoms with Gasteiger partial charge in [0.25, 0.3) is 0 Å². The Morgan fingerprint density at radius 2 is 2.11 bits per heavy atom. The third-order valence-electron chi connectivity index (χ3n) is 3.34. The fraction of sp³-hybridized carbons (Fsp3) is 0.214. The number of para-hydroxylation sites is 1. The zero-order chi connectivity index (χ0) is 13.6. The first kappa shape index (κ1) is 12.5. The van der Waals surface area contributed by atoms with Crippen LogP contribution in [0, 0.1) is 6.92 Å². The lowest BCUT2D eigenvalue weighted by molar-refractivity contribution is 0.680. The molecule has 2 aromatic heterocycles. The molecule has 0 aliphatic heterocycles. The molecule has 3 nitrogen and oxygen atoms in total. The number of anilines is 1. The van der Waals surface area contributed by atoms with E-state index in [-0.39, 0.29) is 6.04 Å². The minimum absolute atomic E-state index is 0.129. The first-order chi connectivity index (χ1) is 9.08. The molecule has 1 aromatic carbocycles. The van der Waals surface area contributed by atoms with Crippen LogP contribution in [0.4, 0.5) is 5.95 Å². The maximum absolute atomic E-state index is 6.09. The van der Waals surface area contributed by atoms with E-state index < -0.39 is 0 Å². The second-order valence-electron chi connectivity index (χ2n) is 4.60. The number of nitrogens with two attached hydrogens (primary N) is 1. The summed E-state index contributed by atoms with van der Waals surface area (Å²) in [7, 11) is 0. The molecule has 0 saturated carbocycles. The number of fused-ring (bicyclic) bond motifs is 1. The van der Waals surface area contributed by atoms with E-state index in [1.54, 1.807) is 11.3 Å². The van der Waals surface area contributed by atoms with E-state index >= 15 is 0 Å². The first-order valence-electron chi connectivity index (χ1n) is 6.06. The number of hydrogen-bond donors (Lipinski definition) is 1. The molecule has 0 fully saturated rings. The number of halogens is 1. The Balaban J connectivity index is 2.19. The SMILES string of the molecule is Cc1cccc2c1nc(N)n2C(C)c1ccc(Cl)s1. The molecule has 0 bridgehead atoms. The van der Waals surface area contributed by atoms with Gasteiger partial charge in [0, 0.05) is 4.88 Å². The van der Waals surface area contributed by atoms with Crippen LogP contribution in [-0.4, -0.2) is 9.55 Å². The number of imidazole rings is 1. The molecule has 3 rings (SSSR count). The van der Waals surface area contributed by atoms with Gasteiger partial charge >= 0.3 is 0 Å². The fourth-order valence-electron chi connectivity index (χ4n) is 2.36. The molecule has 1 unspecified atom stereocenters. The summed E-state index contributed by atoms with van der Waals surface area (Å²) in [5.74, 6) is 0.543. The summed E-state index contributed by atoms with van der Waals surface area (Å²) in [6.45, 7) is 4.16. The summed E-state index contributed by atoms with van der Waals surface area (Å²) in [5, 5.41) is 0. The molecule has 0 spiro atoms. The molecule has 0 saturated heterocycles. The van der Waals surface area contributed by atoms with Crippen molar-refractivity contribution in [3.8, 4) is 0 Å². The topological polar surface area (TPSA) is 43.8 Å². The van der Waals surface area contributed by atoms with Gasteiger partial charge in [-0.05, 0) is 37.6 Å². The predicted molar refractivity (Wildman–Crippen MR) is 82.0 cm³/mol. The van der Waals surface area contributed by atoms with Gasteiger partial charge in [-0.1, -0.05) is 23.7 Å². The molecule has 2 heterocycles. The monoisotopic (exact) mass is 291 g/mol. The molecule has 3 aromatic rings. The van der Waals surface area contributed by atoms with Gasteiger partial charge in [0.15, 0.2) is 0 Å². The Morgan fingerprint density at radius 3 is 2.79 bits per heavy atom. The van der Waals surface area contributed by atoms with Crippen LogP contribution in [0.1, 0.15) is 23.4 Å². The van der Waals surface area contributed by atoms with E-state index in [2.05, 4.69) is 22.5 Å². The molecule has 0 amide bonds. The molecule has 5 heteroatoms. The van der Waals surface area contributed by atoms with Crippen molar-refractivity contribution in [2.45, 2.75) is 19.9 Å². The van der Waals surface area contributed by atoms with Gasteiger partial charge in [-0.15, -0.1) is 11.3 Å². The van der Waals surface area contributed by atoms with Crippen molar-refractivity contribution < 1.29 is 0 Å². The predicted octanol–water partition coefficient (Wildman–Crippen LogP) is 4.25. The zero-order valence-electron chi connectivity index (χ0n) is 10.7. The standard InChI is InChI=1S/C14H14ClN3S/c1-8-4-3-5-10-13(8)17-14(16)18(10)9(2)11-6-7-12(15)19-11/h3-7,9H,1-2H3,(H2,16,17). The van der Waals surface area contributed by atoms with E-state index in [1.807, 2.05) is 31.2 Å². The highest BCUT2D eigenvalue weighted by Crippen LogP contribution is 2.33. The number of nitrogen functional groups attached to an aromatic ring is 1. The molecule has 98 valence electrons. The van der Waals surface area contributed by atoms with E-state index in [9.17, 15) is 0 Å². The van der Waals surface area contributed by atoms with Crippen molar-refractivity contribution in [2.24, 2.45) is 0 Å². The molecule has 19 heavy (non-hydrogen) atoms. The van der Waals surface area contributed by atoms with Gasteiger partial charge in [0.2, 0.25) is 5.95 Å².